The number of hydrogen-bond acceptors (Lipinski definition) is 6. The summed E-state index contributed by atoms with van der Waals surface area (Å²) in [6.45, 7) is 8.82. The Kier molecular flexibility index (Phi) is 7.60. The lowest BCUT2D eigenvalue weighted by Crippen LogP contribution is -2.58. The number of hydrogen-bond donors (Lipinski definition) is 2. The molecule has 1 aliphatic heterocycles. The molecule has 3 heterocycles. The number of carboxylic acids is 1. The van der Waals surface area contributed by atoms with E-state index in [1.54, 1.807) is 16.2 Å². The Labute approximate surface area is 209 Å². The van der Waals surface area contributed by atoms with Gasteiger partial charge in [0.25, 0.3) is 0 Å². The molecule has 0 spiro atoms. The number of likely N-dealkylation sites (tertiary alicyclic amines) is 1. The van der Waals surface area contributed by atoms with Gasteiger partial charge in [0.15, 0.2) is 5.82 Å². The van der Waals surface area contributed by atoms with Crippen molar-refractivity contribution < 1.29 is 14.7 Å². The van der Waals surface area contributed by atoms with Crippen molar-refractivity contribution in [1.29, 1.82) is 0 Å². The van der Waals surface area contributed by atoms with E-state index in [9.17, 15) is 14.7 Å². The molecule has 3 aromatic rings. The van der Waals surface area contributed by atoms with Gasteiger partial charge in [-0.15, -0.1) is 11.3 Å². The van der Waals surface area contributed by atoms with Crippen LogP contribution in [0.2, 0.25) is 0 Å². The van der Waals surface area contributed by atoms with Crippen LogP contribution in [0.1, 0.15) is 34.7 Å². The molecule has 1 amide bonds. The fourth-order valence-corrected chi connectivity index (χ4v) is 4.84. The highest BCUT2D eigenvalue weighted by Gasteiger charge is 2.38. The molecule has 8 heteroatoms. The van der Waals surface area contributed by atoms with Crippen molar-refractivity contribution in [2.45, 2.75) is 39.2 Å². The van der Waals surface area contributed by atoms with Gasteiger partial charge < -0.3 is 15.3 Å². The number of rotatable bonds is 10. The summed E-state index contributed by atoms with van der Waals surface area (Å²) in [6.07, 6.45) is 5.97. The number of benzene rings is 1. The summed E-state index contributed by atoms with van der Waals surface area (Å²) in [6, 6.07) is 11.4. The fourth-order valence-electron chi connectivity index (χ4n) is 3.96. The summed E-state index contributed by atoms with van der Waals surface area (Å²) in [7, 11) is 0. The molecular weight excluding hydrogens is 460 g/mol. The van der Waals surface area contributed by atoms with Crippen LogP contribution >= 0.6 is 11.3 Å². The maximum absolute atomic E-state index is 13.3. The van der Waals surface area contributed by atoms with Crippen LogP contribution in [0.25, 0.3) is 17.1 Å². The first-order valence-corrected chi connectivity index (χ1v) is 12.7. The Hall–Kier alpha value is -3.52. The van der Waals surface area contributed by atoms with Crippen LogP contribution in [0, 0.1) is 5.92 Å². The van der Waals surface area contributed by atoms with Crippen LogP contribution in [0.5, 0.6) is 0 Å². The summed E-state index contributed by atoms with van der Waals surface area (Å²) >= 11 is 1.66. The molecule has 0 bridgehead atoms. The lowest BCUT2D eigenvalue weighted by atomic mass is 9.96. The Balaban J connectivity index is 1.49. The minimum atomic E-state index is -0.863. The predicted octanol–water partition coefficient (Wildman–Crippen LogP) is 4.04. The van der Waals surface area contributed by atoms with Crippen molar-refractivity contribution in [2.75, 3.05) is 13.1 Å². The third-order valence-electron chi connectivity index (χ3n) is 6.26. The van der Waals surface area contributed by atoms with E-state index in [0.717, 1.165) is 34.4 Å². The van der Waals surface area contributed by atoms with Gasteiger partial charge in [-0.1, -0.05) is 44.7 Å². The second-order valence-corrected chi connectivity index (χ2v) is 9.91. The number of carboxylic acid groups (broad SMARTS) is 1. The van der Waals surface area contributed by atoms with Crippen molar-refractivity contribution in [2.24, 2.45) is 5.92 Å². The molecule has 182 valence electrons. The molecule has 7 nitrogen and oxygen atoms in total. The first-order valence-electron chi connectivity index (χ1n) is 11.8. The van der Waals surface area contributed by atoms with E-state index in [-0.39, 0.29) is 19.0 Å². The number of nitrogens with one attached hydrogen (secondary N) is 1. The lowest BCUT2D eigenvalue weighted by Gasteiger charge is -2.39. The number of carbonyl (C=O) groups excluding carboxylic acids is 1. The van der Waals surface area contributed by atoms with Gasteiger partial charge in [-0.2, -0.15) is 0 Å². The summed E-state index contributed by atoms with van der Waals surface area (Å²) in [5.74, 6) is -0.805. The van der Waals surface area contributed by atoms with Crippen molar-refractivity contribution in [3.8, 4) is 11.4 Å². The molecule has 0 radical (unpaired) electrons. The van der Waals surface area contributed by atoms with E-state index in [1.807, 2.05) is 42.7 Å². The number of aryl methyl sites for hydroxylation is 2. The maximum atomic E-state index is 13.3. The summed E-state index contributed by atoms with van der Waals surface area (Å²) < 4.78 is 0. The number of amides is 1. The van der Waals surface area contributed by atoms with Gasteiger partial charge in [0.2, 0.25) is 5.91 Å². The van der Waals surface area contributed by atoms with Crippen LogP contribution < -0.4 is 5.32 Å². The molecule has 1 aliphatic rings. The maximum Gasteiger partial charge on any atom is 0.310 e. The fraction of sp³-hybridized carbons (Fsp3) is 0.333. The quantitative estimate of drug-likeness (QED) is 0.445. The molecule has 0 aliphatic carbocycles. The van der Waals surface area contributed by atoms with E-state index in [0.29, 0.717) is 17.9 Å². The highest BCUT2D eigenvalue weighted by Crippen LogP contribution is 2.25. The van der Waals surface area contributed by atoms with Gasteiger partial charge in [0.05, 0.1) is 5.92 Å². The van der Waals surface area contributed by atoms with Crippen LogP contribution in [0.3, 0.4) is 0 Å². The van der Waals surface area contributed by atoms with Gasteiger partial charge in [0.1, 0.15) is 6.04 Å². The Morgan fingerprint density at radius 1 is 1.09 bits per heavy atom. The average molecular weight is 491 g/mol. The number of thiophene rings is 1. The highest BCUT2D eigenvalue weighted by molar-refractivity contribution is 7.13. The first-order chi connectivity index (χ1) is 16.9. The lowest BCUT2D eigenvalue weighted by molar-refractivity contribution is -0.153. The SMILES string of the molecule is C=C(NC(Cc1ccc(-c2ncc(CC)cn2)cc1)C(=O)N1CC(C(=O)O)C1)c1ccc(CC)s1. The zero-order valence-electron chi connectivity index (χ0n) is 20.0. The molecule has 1 unspecified atom stereocenters. The largest absolute Gasteiger partial charge is 0.481 e. The molecule has 1 saturated heterocycles. The minimum Gasteiger partial charge on any atom is -0.481 e. The zero-order valence-corrected chi connectivity index (χ0v) is 20.8. The Morgan fingerprint density at radius 2 is 1.77 bits per heavy atom. The first kappa shape index (κ1) is 24.6. The molecule has 1 fully saturated rings. The smallest absolute Gasteiger partial charge is 0.310 e. The number of aromatic nitrogens is 2. The monoisotopic (exact) mass is 490 g/mol. The van der Waals surface area contributed by atoms with E-state index in [1.165, 1.54) is 4.88 Å². The predicted molar refractivity (Wildman–Crippen MR) is 138 cm³/mol. The number of carbonyl (C=O) groups is 2. The molecule has 4 rings (SSSR count). The number of aliphatic carboxylic acids is 1. The summed E-state index contributed by atoms with van der Waals surface area (Å²) in [4.78, 5) is 37.2. The van der Waals surface area contributed by atoms with E-state index in [4.69, 9.17) is 0 Å². The second-order valence-electron chi connectivity index (χ2n) is 8.74. The molecule has 2 aromatic heterocycles. The average Bonchev–Trinajstić information content (AvgIpc) is 3.32. The molecule has 1 atom stereocenters. The van der Waals surface area contributed by atoms with Crippen LogP contribution in [0.15, 0.2) is 55.4 Å². The van der Waals surface area contributed by atoms with Gasteiger partial charge in [-0.3, -0.25) is 9.59 Å². The van der Waals surface area contributed by atoms with Crippen LogP contribution in [-0.4, -0.2) is 51.0 Å². The van der Waals surface area contributed by atoms with Crippen molar-refractivity contribution in [3.63, 3.8) is 0 Å². The van der Waals surface area contributed by atoms with Crippen LogP contribution in [-0.2, 0) is 28.9 Å². The number of nitrogens with zero attached hydrogens (tertiary/aromatic N) is 3. The van der Waals surface area contributed by atoms with E-state index < -0.39 is 17.9 Å². The normalized spacial score (nSPS) is 14.3. The summed E-state index contributed by atoms with van der Waals surface area (Å²) in [5.41, 5.74) is 3.68. The second kappa shape index (κ2) is 10.8. The molecule has 0 saturated carbocycles. The third-order valence-corrected chi connectivity index (χ3v) is 7.55. The Morgan fingerprint density at radius 3 is 2.34 bits per heavy atom. The van der Waals surface area contributed by atoms with E-state index in [2.05, 4.69) is 41.8 Å². The van der Waals surface area contributed by atoms with E-state index >= 15 is 0 Å². The topological polar surface area (TPSA) is 95.4 Å². The van der Waals surface area contributed by atoms with Gasteiger partial charge in [0, 0.05) is 52.9 Å². The minimum absolute atomic E-state index is 0.113. The standard InChI is InChI=1S/C27H30N4O3S/c1-4-18-13-28-25(29-14-18)20-8-6-19(7-9-20)12-23(26(32)31-15-21(16-31)27(33)34)30-17(3)24-11-10-22(5-2)35-24/h6-11,13-14,21,23,30H,3-5,12,15-16H2,1-2H3,(H,33,34). The van der Waals surface area contributed by atoms with Crippen molar-refractivity contribution >= 4 is 28.9 Å². The zero-order chi connectivity index (χ0) is 24.9. The van der Waals surface area contributed by atoms with Crippen molar-refractivity contribution in [3.05, 3.63) is 76.3 Å². The molecule has 2 N–H and O–H groups in total. The van der Waals surface area contributed by atoms with Gasteiger partial charge in [-0.25, -0.2) is 9.97 Å². The molecule has 35 heavy (non-hydrogen) atoms. The van der Waals surface area contributed by atoms with Crippen LogP contribution in [0.4, 0.5) is 0 Å². The highest BCUT2D eigenvalue weighted by atomic mass is 32.1. The van der Waals surface area contributed by atoms with Crippen molar-refractivity contribution in [1.82, 2.24) is 20.2 Å². The summed E-state index contributed by atoms with van der Waals surface area (Å²) in [5, 5.41) is 12.5. The van der Waals surface area contributed by atoms with Gasteiger partial charge in [-0.05, 0) is 36.1 Å². The van der Waals surface area contributed by atoms with Gasteiger partial charge >= 0.3 is 5.97 Å². The molecule has 1 aromatic carbocycles. The molecular formula is C27H30N4O3S. The Bertz CT molecular complexity index is 1200. The third kappa shape index (κ3) is 5.77.